The summed E-state index contributed by atoms with van der Waals surface area (Å²) in [6.45, 7) is 1.95. The topological polar surface area (TPSA) is 51.7 Å². The third-order valence-electron chi connectivity index (χ3n) is 4.32. The first-order valence-corrected chi connectivity index (χ1v) is 8.72. The predicted octanol–water partition coefficient (Wildman–Crippen LogP) is 3.67. The van der Waals surface area contributed by atoms with Crippen LogP contribution in [0, 0.1) is 5.92 Å². The van der Waals surface area contributed by atoms with Crippen LogP contribution < -0.4 is 9.47 Å². The van der Waals surface area contributed by atoms with E-state index in [1.165, 1.54) is 0 Å². The second-order valence-corrected chi connectivity index (χ2v) is 6.50. The SMILES string of the molecule is COc1ccc(C(=O)N2CCCC(COc3ncccc3Cl)C2)cc1. The molecule has 132 valence electrons. The Hall–Kier alpha value is -2.27. The number of hydrogen-bond donors (Lipinski definition) is 0. The number of amides is 1. The highest BCUT2D eigenvalue weighted by atomic mass is 35.5. The van der Waals surface area contributed by atoms with Crippen LogP contribution in [0.2, 0.25) is 5.02 Å². The summed E-state index contributed by atoms with van der Waals surface area (Å²) in [6.07, 6.45) is 3.64. The van der Waals surface area contributed by atoms with Crippen LogP contribution in [-0.4, -0.2) is 42.6 Å². The Morgan fingerprint density at radius 1 is 1.32 bits per heavy atom. The normalized spacial score (nSPS) is 17.2. The number of likely N-dealkylation sites (tertiary alicyclic amines) is 1. The van der Waals surface area contributed by atoms with Crippen molar-refractivity contribution in [1.29, 1.82) is 0 Å². The molecule has 25 heavy (non-hydrogen) atoms. The highest BCUT2D eigenvalue weighted by molar-refractivity contribution is 6.31. The highest BCUT2D eigenvalue weighted by Crippen LogP contribution is 2.24. The first-order valence-electron chi connectivity index (χ1n) is 8.34. The molecular formula is C19H21ClN2O3. The largest absolute Gasteiger partial charge is 0.497 e. The van der Waals surface area contributed by atoms with Gasteiger partial charge in [-0.2, -0.15) is 0 Å². The minimum atomic E-state index is 0.0446. The maximum absolute atomic E-state index is 12.7. The minimum Gasteiger partial charge on any atom is -0.497 e. The van der Waals surface area contributed by atoms with E-state index < -0.39 is 0 Å². The molecule has 5 nitrogen and oxygen atoms in total. The van der Waals surface area contributed by atoms with Gasteiger partial charge in [0.25, 0.3) is 5.91 Å². The minimum absolute atomic E-state index is 0.0446. The maximum Gasteiger partial charge on any atom is 0.253 e. The van der Waals surface area contributed by atoms with Gasteiger partial charge in [-0.1, -0.05) is 11.6 Å². The Morgan fingerprint density at radius 3 is 2.84 bits per heavy atom. The van der Waals surface area contributed by atoms with E-state index >= 15 is 0 Å². The van der Waals surface area contributed by atoms with Crippen molar-refractivity contribution in [2.75, 3.05) is 26.8 Å². The van der Waals surface area contributed by atoms with Crippen molar-refractivity contribution in [2.45, 2.75) is 12.8 Å². The van der Waals surface area contributed by atoms with E-state index in [4.69, 9.17) is 21.1 Å². The zero-order valence-electron chi connectivity index (χ0n) is 14.2. The van der Waals surface area contributed by atoms with Crippen LogP contribution in [0.5, 0.6) is 11.6 Å². The quantitative estimate of drug-likeness (QED) is 0.816. The molecule has 3 rings (SSSR count). The Labute approximate surface area is 152 Å². The summed E-state index contributed by atoms with van der Waals surface area (Å²) in [5.41, 5.74) is 0.676. The van der Waals surface area contributed by atoms with Gasteiger partial charge in [0, 0.05) is 30.8 Å². The first-order chi connectivity index (χ1) is 12.2. The van der Waals surface area contributed by atoms with Gasteiger partial charge in [-0.05, 0) is 49.2 Å². The lowest BCUT2D eigenvalue weighted by Gasteiger charge is -2.32. The fourth-order valence-electron chi connectivity index (χ4n) is 2.98. The average Bonchev–Trinajstić information content (AvgIpc) is 2.67. The lowest BCUT2D eigenvalue weighted by Crippen LogP contribution is -2.41. The number of aromatic nitrogens is 1. The van der Waals surface area contributed by atoms with Gasteiger partial charge >= 0.3 is 0 Å². The molecule has 1 saturated heterocycles. The Kier molecular flexibility index (Phi) is 5.76. The van der Waals surface area contributed by atoms with Gasteiger partial charge in [0.1, 0.15) is 10.8 Å². The average molecular weight is 361 g/mol. The maximum atomic E-state index is 12.7. The van der Waals surface area contributed by atoms with Crippen LogP contribution in [0.15, 0.2) is 42.6 Å². The van der Waals surface area contributed by atoms with Crippen LogP contribution >= 0.6 is 11.6 Å². The number of pyridine rings is 1. The molecule has 6 heteroatoms. The molecule has 0 radical (unpaired) electrons. The third kappa shape index (κ3) is 4.42. The summed E-state index contributed by atoms with van der Waals surface area (Å²) in [5.74, 6) is 1.51. The van der Waals surface area contributed by atoms with Gasteiger partial charge < -0.3 is 14.4 Å². The van der Waals surface area contributed by atoms with E-state index in [1.54, 1.807) is 49.7 Å². The summed E-state index contributed by atoms with van der Waals surface area (Å²) >= 11 is 6.06. The molecule has 2 aromatic rings. The van der Waals surface area contributed by atoms with Gasteiger partial charge in [-0.15, -0.1) is 0 Å². The van der Waals surface area contributed by atoms with E-state index in [-0.39, 0.29) is 11.8 Å². The molecule has 1 amide bonds. The van der Waals surface area contributed by atoms with Crippen molar-refractivity contribution >= 4 is 17.5 Å². The number of benzene rings is 1. The van der Waals surface area contributed by atoms with Gasteiger partial charge in [-0.3, -0.25) is 4.79 Å². The van der Waals surface area contributed by atoms with Crippen LogP contribution in [0.3, 0.4) is 0 Å². The molecule has 0 N–H and O–H groups in total. The fraction of sp³-hybridized carbons (Fsp3) is 0.368. The smallest absolute Gasteiger partial charge is 0.253 e. The molecule has 1 aromatic heterocycles. The molecule has 1 aromatic carbocycles. The van der Waals surface area contributed by atoms with Crippen LogP contribution in [0.4, 0.5) is 0 Å². The third-order valence-corrected chi connectivity index (χ3v) is 4.61. The van der Waals surface area contributed by atoms with E-state index in [1.807, 2.05) is 4.90 Å². The Morgan fingerprint density at radius 2 is 2.12 bits per heavy atom. The van der Waals surface area contributed by atoms with Crippen molar-refractivity contribution in [3.63, 3.8) is 0 Å². The number of carbonyl (C=O) groups is 1. The van der Waals surface area contributed by atoms with Gasteiger partial charge in [0.2, 0.25) is 5.88 Å². The molecule has 2 heterocycles. The Balaban J connectivity index is 1.58. The molecule has 0 spiro atoms. The second-order valence-electron chi connectivity index (χ2n) is 6.09. The number of rotatable bonds is 5. The van der Waals surface area contributed by atoms with Crippen molar-refractivity contribution in [2.24, 2.45) is 5.92 Å². The first kappa shape index (κ1) is 17.5. The van der Waals surface area contributed by atoms with E-state index in [9.17, 15) is 4.79 Å². The summed E-state index contributed by atoms with van der Waals surface area (Å²) in [7, 11) is 1.61. The lowest BCUT2D eigenvalue weighted by molar-refractivity contribution is 0.0631. The van der Waals surface area contributed by atoms with Gasteiger partial charge in [0.15, 0.2) is 0 Å². The number of hydrogen-bond acceptors (Lipinski definition) is 4. The molecule has 0 bridgehead atoms. The number of methoxy groups -OCH3 is 1. The number of nitrogens with zero attached hydrogens (tertiary/aromatic N) is 2. The second kappa shape index (κ2) is 8.21. The zero-order chi connectivity index (χ0) is 17.6. The van der Waals surface area contributed by atoms with Crippen molar-refractivity contribution in [3.8, 4) is 11.6 Å². The molecule has 1 fully saturated rings. The van der Waals surface area contributed by atoms with E-state index in [0.29, 0.717) is 29.6 Å². The fourth-order valence-corrected chi connectivity index (χ4v) is 3.15. The van der Waals surface area contributed by atoms with E-state index in [2.05, 4.69) is 4.98 Å². The van der Waals surface area contributed by atoms with Crippen LogP contribution in [0.1, 0.15) is 23.2 Å². The summed E-state index contributed by atoms with van der Waals surface area (Å²) < 4.78 is 10.9. The summed E-state index contributed by atoms with van der Waals surface area (Å²) in [4.78, 5) is 18.7. The van der Waals surface area contributed by atoms with E-state index in [0.717, 1.165) is 25.1 Å². The Bertz CT molecular complexity index is 721. The van der Waals surface area contributed by atoms with Crippen molar-refractivity contribution in [1.82, 2.24) is 9.88 Å². The van der Waals surface area contributed by atoms with Gasteiger partial charge in [0.05, 0.1) is 13.7 Å². The van der Waals surface area contributed by atoms with Crippen molar-refractivity contribution in [3.05, 3.63) is 53.2 Å². The summed E-state index contributed by atoms with van der Waals surface area (Å²) in [6, 6.07) is 10.7. The standard InChI is InChI=1S/C19H21ClN2O3/c1-24-16-8-6-15(7-9-16)19(23)22-11-3-4-14(12-22)13-25-18-17(20)5-2-10-21-18/h2,5-10,14H,3-4,11-13H2,1H3. The number of carbonyl (C=O) groups excluding carboxylic acids is 1. The lowest BCUT2D eigenvalue weighted by atomic mass is 9.98. The molecule has 1 unspecified atom stereocenters. The predicted molar refractivity (Wildman–Crippen MR) is 96.4 cm³/mol. The van der Waals surface area contributed by atoms with Gasteiger partial charge in [-0.25, -0.2) is 4.98 Å². The molecular weight excluding hydrogens is 340 g/mol. The molecule has 0 aliphatic carbocycles. The summed E-state index contributed by atoms with van der Waals surface area (Å²) in [5, 5.41) is 0.504. The highest BCUT2D eigenvalue weighted by Gasteiger charge is 2.25. The zero-order valence-corrected chi connectivity index (χ0v) is 14.9. The monoisotopic (exact) mass is 360 g/mol. The number of piperidine rings is 1. The molecule has 0 saturated carbocycles. The molecule has 1 aliphatic heterocycles. The number of ether oxygens (including phenoxy) is 2. The molecule has 1 aliphatic rings. The van der Waals surface area contributed by atoms with Crippen molar-refractivity contribution < 1.29 is 14.3 Å². The number of halogens is 1. The molecule has 1 atom stereocenters. The van der Waals surface area contributed by atoms with Crippen LogP contribution in [0.25, 0.3) is 0 Å². The van der Waals surface area contributed by atoms with Crippen LogP contribution in [-0.2, 0) is 0 Å².